The lowest BCUT2D eigenvalue weighted by Crippen LogP contribution is -2.38. The van der Waals surface area contributed by atoms with Crippen LogP contribution in [0.4, 0.5) is 0 Å². The molecule has 0 unspecified atom stereocenters. The highest BCUT2D eigenvalue weighted by Gasteiger charge is 2.42. The number of hydrogen-bond donors (Lipinski definition) is 0. The minimum atomic E-state index is -3.66. The number of hydrogen-bond acceptors (Lipinski definition) is 5. The summed E-state index contributed by atoms with van der Waals surface area (Å²) >= 11 is 0. The molecule has 0 aromatic heterocycles. The van der Waals surface area contributed by atoms with Gasteiger partial charge in [-0.3, -0.25) is 14.4 Å². The average Bonchev–Trinajstić information content (AvgIpc) is 3.10. The molecule has 0 N–H and O–H groups in total. The van der Waals surface area contributed by atoms with Crippen LogP contribution in [0.5, 0.6) is 0 Å². The van der Waals surface area contributed by atoms with Gasteiger partial charge in [0.15, 0.2) is 17.3 Å². The van der Waals surface area contributed by atoms with Crippen LogP contribution in [0, 0.1) is 19.8 Å². The summed E-state index contributed by atoms with van der Waals surface area (Å²) in [7, 11) is -0.620. The van der Waals surface area contributed by atoms with Crippen LogP contribution in [0.15, 0.2) is 4.90 Å². The number of sulfonamides is 1. The van der Waals surface area contributed by atoms with Crippen molar-refractivity contribution in [2.24, 2.45) is 5.92 Å². The third-order valence-electron chi connectivity index (χ3n) is 6.45. The Labute approximate surface area is 172 Å². The Morgan fingerprint density at radius 3 is 2.07 bits per heavy atom. The number of ketones is 3. The van der Waals surface area contributed by atoms with Gasteiger partial charge in [0.2, 0.25) is 10.0 Å². The third-order valence-corrected chi connectivity index (χ3v) is 8.48. The normalized spacial score (nSPS) is 22.3. The predicted molar refractivity (Wildman–Crippen MR) is 110 cm³/mol. The summed E-state index contributed by atoms with van der Waals surface area (Å²) in [5.74, 6) is -2.52. The van der Waals surface area contributed by atoms with Crippen LogP contribution in [-0.4, -0.2) is 44.2 Å². The van der Waals surface area contributed by atoms with E-state index in [9.17, 15) is 22.8 Å². The number of carbonyl (C=O) groups excluding carboxylic acids is 3. The summed E-state index contributed by atoms with van der Waals surface area (Å²) in [6.07, 6.45) is 2.78. The number of nitrogens with zero attached hydrogens (tertiary/aromatic N) is 1. The van der Waals surface area contributed by atoms with E-state index in [1.165, 1.54) is 18.4 Å². The van der Waals surface area contributed by atoms with E-state index in [1.54, 1.807) is 13.8 Å². The lowest BCUT2D eigenvalue weighted by molar-refractivity contribution is -0.142. The first-order valence-corrected chi connectivity index (χ1v) is 11.6. The zero-order valence-corrected chi connectivity index (χ0v) is 18.6. The lowest BCUT2D eigenvalue weighted by atomic mass is 9.72. The van der Waals surface area contributed by atoms with E-state index in [4.69, 9.17) is 0 Å². The van der Waals surface area contributed by atoms with Crippen molar-refractivity contribution in [1.82, 2.24) is 4.31 Å². The summed E-state index contributed by atoms with van der Waals surface area (Å²) in [6.45, 7) is 5.41. The van der Waals surface area contributed by atoms with Gasteiger partial charge >= 0.3 is 0 Å². The lowest BCUT2D eigenvalue weighted by Gasteiger charge is -2.30. The fourth-order valence-electron chi connectivity index (χ4n) is 5.09. The average molecular weight is 420 g/mol. The van der Waals surface area contributed by atoms with Gasteiger partial charge in [-0.2, -0.15) is 0 Å². The molecule has 6 nitrogen and oxygen atoms in total. The van der Waals surface area contributed by atoms with E-state index in [0.717, 1.165) is 41.5 Å². The zero-order valence-electron chi connectivity index (χ0n) is 17.8. The first-order chi connectivity index (χ1) is 13.5. The van der Waals surface area contributed by atoms with Gasteiger partial charge in [-0.1, -0.05) is 6.92 Å². The Balaban J connectivity index is 2.16. The van der Waals surface area contributed by atoms with E-state index >= 15 is 0 Å². The molecule has 3 rings (SSSR count). The molecular weight excluding hydrogens is 390 g/mol. The summed E-state index contributed by atoms with van der Waals surface area (Å²) in [4.78, 5) is 37.7. The summed E-state index contributed by atoms with van der Waals surface area (Å²) < 4.78 is 27.5. The maximum absolute atomic E-state index is 13.1. The molecule has 1 fully saturated rings. The molecule has 0 spiro atoms. The molecule has 0 saturated heterocycles. The van der Waals surface area contributed by atoms with Crippen LogP contribution in [0.3, 0.4) is 0 Å². The van der Waals surface area contributed by atoms with Crippen molar-refractivity contribution in [2.45, 2.75) is 70.1 Å². The van der Waals surface area contributed by atoms with Gasteiger partial charge < -0.3 is 0 Å². The number of rotatable bonds is 5. The van der Waals surface area contributed by atoms with Gasteiger partial charge in [0.1, 0.15) is 5.92 Å². The van der Waals surface area contributed by atoms with Crippen molar-refractivity contribution in [1.29, 1.82) is 0 Å². The van der Waals surface area contributed by atoms with Crippen molar-refractivity contribution in [3.8, 4) is 0 Å². The van der Waals surface area contributed by atoms with Crippen LogP contribution in [0.1, 0.15) is 66.3 Å². The summed E-state index contributed by atoms with van der Waals surface area (Å²) in [5.41, 5.74) is 4.36. The SMILES string of the molecule is CCC(=O)C1C(=O)CC(c2c(C)c3c(c(S(=O)(=O)N(C)C)c2C)CCC3)CC1=O. The Bertz CT molecular complexity index is 989. The number of benzene rings is 1. The maximum Gasteiger partial charge on any atom is 0.243 e. The fraction of sp³-hybridized carbons (Fsp3) is 0.591. The molecule has 0 radical (unpaired) electrons. The van der Waals surface area contributed by atoms with E-state index in [2.05, 4.69) is 0 Å². The minimum absolute atomic E-state index is 0.101. The minimum Gasteiger partial charge on any atom is -0.298 e. The van der Waals surface area contributed by atoms with Crippen LogP contribution >= 0.6 is 0 Å². The summed E-state index contributed by atoms with van der Waals surface area (Å²) in [6, 6.07) is 0. The standard InChI is InChI=1S/C22H29NO5S/c1-6-17(24)21-18(25)10-14(11-19(21)26)20-12(2)15-8-7-9-16(15)22(13(20)3)29(27,28)23(4)5/h14,21H,6-11H2,1-5H3. The molecule has 0 aliphatic heterocycles. The highest BCUT2D eigenvalue weighted by Crippen LogP contribution is 2.43. The second kappa shape index (κ2) is 7.76. The molecule has 158 valence electrons. The summed E-state index contributed by atoms with van der Waals surface area (Å²) in [5, 5.41) is 0. The molecule has 2 aliphatic rings. The fourth-order valence-corrected chi connectivity index (χ4v) is 6.48. The molecular formula is C22H29NO5S. The molecule has 0 heterocycles. The highest BCUT2D eigenvalue weighted by molar-refractivity contribution is 7.89. The Morgan fingerprint density at radius 1 is 1.00 bits per heavy atom. The van der Waals surface area contributed by atoms with Crippen molar-refractivity contribution in [2.75, 3.05) is 14.1 Å². The first-order valence-electron chi connectivity index (χ1n) is 10.2. The van der Waals surface area contributed by atoms with Gasteiger partial charge in [0.25, 0.3) is 0 Å². The monoisotopic (exact) mass is 419 g/mol. The number of Topliss-reactive ketones (excluding diaryl/α,β-unsaturated/α-hetero) is 3. The molecule has 0 amide bonds. The van der Waals surface area contributed by atoms with Gasteiger partial charge in [0, 0.05) is 33.4 Å². The Kier molecular flexibility index (Phi) is 5.84. The van der Waals surface area contributed by atoms with E-state index < -0.39 is 15.9 Å². The van der Waals surface area contributed by atoms with Crippen molar-refractivity contribution in [3.05, 3.63) is 27.8 Å². The van der Waals surface area contributed by atoms with Crippen LogP contribution < -0.4 is 0 Å². The zero-order chi connectivity index (χ0) is 21.7. The second-order valence-corrected chi connectivity index (χ2v) is 10.5. The van der Waals surface area contributed by atoms with E-state index in [-0.39, 0.29) is 42.5 Å². The number of carbonyl (C=O) groups is 3. The molecule has 29 heavy (non-hydrogen) atoms. The van der Waals surface area contributed by atoms with Gasteiger partial charge in [-0.15, -0.1) is 0 Å². The van der Waals surface area contributed by atoms with Crippen molar-refractivity contribution < 1.29 is 22.8 Å². The quantitative estimate of drug-likeness (QED) is 0.685. The van der Waals surface area contributed by atoms with Crippen LogP contribution in [0.2, 0.25) is 0 Å². The van der Waals surface area contributed by atoms with Gasteiger partial charge in [-0.05, 0) is 66.8 Å². The Hall–Kier alpha value is -1.86. The van der Waals surface area contributed by atoms with Gasteiger partial charge in [-0.25, -0.2) is 12.7 Å². The van der Waals surface area contributed by atoms with Gasteiger partial charge in [0.05, 0.1) is 4.90 Å². The second-order valence-electron chi connectivity index (χ2n) is 8.38. The van der Waals surface area contributed by atoms with Crippen molar-refractivity contribution >= 4 is 27.4 Å². The molecule has 1 aromatic carbocycles. The van der Waals surface area contributed by atoms with Crippen molar-refractivity contribution in [3.63, 3.8) is 0 Å². The number of fused-ring (bicyclic) bond motifs is 1. The van der Waals surface area contributed by atoms with Crippen LogP contribution in [-0.2, 0) is 37.2 Å². The largest absolute Gasteiger partial charge is 0.298 e. The molecule has 0 atom stereocenters. The maximum atomic E-state index is 13.1. The smallest absolute Gasteiger partial charge is 0.243 e. The Morgan fingerprint density at radius 2 is 1.55 bits per heavy atom. The van der Waals surface area contributed by atoms with E-state index in [0.29, 0.717) is 10.5 Å². The predicted octanol–water partition coefficient (Wildman–Crippen LogP) is 2.65. The topological polar surface area (TPSA) is 88.6 Å². The molecule has 7 heteroatoms. The van der Waals surface area contributed by atoms with Crippen LogP contribution in [0.25, 0.3) is 0 Å². The molecule has 1 aromatic rings. The highest BCUT2D eigenvalue weighted by atomic mass is 32.2. The third kappa shape index (κ3) is 3.48. The molecule has 0 bridgehead atoms. The molecule has 1 saturated carbocycles. The first kappa shape index (κ1) is 21.8. The van der Waals surface area contributed by atoms with E-state index in [1.807, 2.05) is 6.92 Å². The molecule has 2 aliphatic carbocycles.